The van der Waals surface area contributed by atoms with Crippen molar-refractivity contribution < 1.29 is 19.4 Å². The molecule has 2 fully saturated rings. The summed E-state index contributed by atoms with van der Waals surface area (Å²) in [6.45, 7) is 9.11. The van der Waals surface area contributed by atoms with E-state index in [1.807, 2.05) is 27.7 Å². The highest BCUT2D eigenvalue weighted by atomic mass is 16.6. The third-order valence-electron chi connectivity index (χ3n) is 4.11. The molecule has 1 aliphatic carbocycles. The van der Waals surface area contributed by atoms with Gasteiger partial charge in [-0.3, -0.25) is 4.79 Å². The predicted molar refractivity (Wildman–Crippen MR) is 78.0 cm³/mol. The lowest BCUT2D eigenvalue weighted by Gasteiger charge is -2.26. The number of carbonyl (C=O) groups excluding carboxylic acids is 1. The van der Waals surface area contributed by atoms with Crippen LogP contribution in [0.3, 0.4) is 0 Å². The lowest BCUT2D eigenvalue weighted by molar-refractivity contribution is -0.137. The third kappa shape index (κ3) is 4.33. The molecule has 3 unspecified atom stereocenters. The van der Waals surface area contributed by atoms with Crippen LogP contribution in [0.4, 0.5) is 4.79 Å². The van der Waals surface area contributed by atoms with Gasteiger partial charge in [0, 0.05) is 31.6 Å². The van der Waals surface area contributed by atoms with E-state index in [0.717, 1.165) is 13.1 Å². The third-order valence-corrected chi connectivity index (χ3v) is 4.11. The SMILES string of the molecule is CC(CCC(=O)O)NC1C2CN(C(=O)OC(C)(C)C)CC21. The second-order valence-electron chi connectivity index (χ2n) is 7.24. The van der Waals surface area contributed by atoms with Crippen molar-refractivity contribution in [3.05, 3.63) is 0 Å². The molecule has 21 heavy (non-hydrogen) atoms. The Labute approximate surface area is 125 Å². The Bertz CT molecular complexity index is 406. The van der Waals surface area contributed by atoms with Gasteiger partial charge in [-0.1, -0.05) is 0 Å². The number of hydrogen-bond acceptors (Lipinski definition) is 4. The molecule has 1 saturated carbocycles. The van der Waals surface area contributed by atoms with Gasteiger partial charge in [-0.2, -0.15) is 0 Å². The fourth-order valence-corrected chi connectivity index (χ4v) is 3.00. The number of aliphatic carboxylic acids is 1. The number of likely N-dealkylation sites (tertiary alicyclic amines) is 1. The molecular weight excluding hydrogens is 272 g/mol. The van der Waals surface area contributed by atoms with E-state index in [1.54, 1.807) is 4.90 Å². The van der Waals surface area contributed by atoms with Crippen LogP contribution in [0.2, 0.25) is 0 Å². The lowest BCUT2D eigenvalue weighted by atomic mass is 10.2. The minimum atomic E-state index is -0.754. The molecule has 0 aromatic rings. The molecule has 2 rings (SSSR count). The van der Waals surface area contributed by atoms with Crippen molar-refractivity contribution >= 4 is 12.1 Å². The van der Waals surface area contributed by atoms with Gasteiger partial charge in [0.15, 0.2) is 0 Å². The molecular formula is C15H26N2O4. The van der Waals surface area contributed by atoms with Gasteiger partial charge in [-0.05, 0) is 46.0 Å². The number of hydrogen-bond donors (Lipinski definition) is 2. The zero-order valence-corrected chi connectivity index (χ0v) is 13.3. The molecule has 0 aromatic heterocycles. The second kappa shape index (κ2) is 5.83. The smallest absolute Gasteiger partial charge is 0.410 e. The molecule has 1 heterocycles. The largest absolute Gasteiger partial charge is 0.481 e. The number of ether oxygens (including phenoxy) is 1. The first-order valence-electron chi connectivity index (χ1n) is 7.63. The normalized spacial score (nSPS) is 29.0. The zero-order valence-electron chi connectivity index (χ0n) is 13.3. The van der Waals surface area contributed by atoms with Crippen LogP contribution in [-0.2, 0) is 9.53 Å². The van der Waals surface area contributed by atoms with Gasteiger partial charge < -0.3 is 20.1 Å². The first-order chi connectivity index (χ1) is 9.67. The van der Waals surface area contributed by atoms with Crippen molar-refractivity contribution in [2.24, 2.45) is 11.8 Å². The molecule has 0 aromatic carbocycles. The number of rotatable bonds is 5. The van der Waals surface area contributed by atoms with Crippen LogP contribution in [0, 0.1) is 11.8 Å². The number of fused-ring (bicyclic) bond motifs is 1. The molecule has 0 spiro atoms. The van der Waals surface area contributed by atoms with Crippen LogP contribution < -0.4 is 5.32 Å². The quantitative estimate of drug-likeness (QED) is 0.807. The topological polar surface area (TPSA) is 78.9 Å². The summed E-state index contributed by atoms with van der Waals surface area (Å²) in [5.41, 5.74) is -0.452. The minimum absolute atomic E-state index is 0.195. The molecule has 1 saturated heterocycles. The maximum atomic E-state index is 12.0. The Morgan fingerprint density at radius 2 is 1.90 bits per heavy atom. The second-order valence-corrected chi connectivity index (χ2v) is 7.24. The van der Waals surface area contributed by atoms with Crippen LogP contribution in [-0.4, -0.2) is 52.8 Å². The van der Waals surface area contributed by atoms with Crippen molar-refractivity contribution in [3.8, 4) is 0 Å². The van der Waals surface area contributed by atoms with Gasteiger partial charge in [0.2, 0.25) is 0 Å². The van der Waals surface area contributed by atoms with Crippen LogP contribution in [0.5, 0.6) is 0 Å². The number of carboxylic acids is 1. The molecule has 0 bridgehead atoms. The average Bonchev–Trinajstić information content (AvgIpc) is 2.80. The molecule has 0 radical (unpaired) electrons. The summed E-state index contributed by atoms with van der Waals surface area (Å²) in [5, 5.41) is 12.2. The maximum Gasteiger partial charge on any atom is 0.410 e. The number of carboxylic acid groups (broad SMARTS) is 1. The van der Waals surface area contributed by atoms with Gasteiger partial charge in [-0.25, -0.2) is 4.79 Å². The van der Waals surface area contributed by atoms with Gasteiger partial charge in [0.1, 0.15) is 5.60 Å². The first kappa shape index (κ1) is 16.1. The van der Waals surface area contributed by atoms with E-state index in [4.69, 9.17) is 9.84 Å². The maximum absolute atomic E-state index is 12.0. The van der Waals surface area contributed by atoms with Crippen LogP contribution >= 0.6 is 0 Å². The van der Waals surface area contributed by atoms with E-state index in [2.05, 4.69) is 5.32 Å². The van der Waals surface area contributed by atoms with Crippen molar-refractivity contribution in [3.63, 3.8) is 0 Å². The number of piperidine rings is 1. The van der Waals surface area contributed by atoms with Gasteiger partial charge in [-0.15, -0.1) is 0 Å². The molecule has 2 N–H and O–H groups in total. The highest BCUT2D eigenvalue weighted by Gasteiger charge is 2.57. The van der Waals surface area contributed by atoms with Crippen molar-refractivity contribution in [1.82, 2.24) is 10.2 Å². The standard InChI is InChI=1S/C15H26N2O4/c1-9(5-6-12(18)19)16-13-10-7-17(8-11(10)13)14(20)21-15(2,3)4/h9-11,13,16H,5-8H2,1-4H3,(H,18,19). The van der Waals surface area contributed by atoms with Crippen molar-refractivity contribution in [2.75, 3.05) is 13.1 Å². The summed E-state index contributed by atoms with van der Waals surface area (Å²) < 4.78 is 5.37. The minimum Gasteiger partial charge on any atom is -0.481 e. The summed E-state index contributed by atoms with van der Waals surface area (Å²) in [6.07, 6.45) is 0.605. The van der Waals surface area contributed by atoms with Gasteiger partial charge in [0.25, 0.3) is 0 Å². The Morgan fingerprint density at radius 3 is 2.38 bits per heavy atom. The molecule has 1 aliphatic heterocycles. The molecule has 6 nitrogen and oxygen atoms in total. The number of nitrogens with zero attached hydrogens (tertiary/aromatic N) is 1. The van der Waals surface area contributed by atoms with Crippen LogP contribution in [0.15, 0.2) is 0 Å². The first-order valence-corrected chi connectivity index (χ1v) is 7.63. The Balaban J connectivity index is 1.70. The van der Waals surface area contributed by atoms with Crippen molar-refractivity contribution in [2.45, 2.75) is 58.2 Å². The van der Waals surface area contributed by atoms with E-state index >= 15 is 0 Å². The van der Waals surface area contributed by atoms with Gasteiger partial charge in [0.05, 0.1) is 0 Å². The lowest BCUT2D eigenvalue weighted by Crippen LogP contribution is -2.40. The zero-order chi connectivity index (χ0) is 15.8. The van der Waals surface area contributed by atoms with E-state index in [1.165, 1.54) is 0 Å². The summed E-state index contributed by atoms with van der Waals surface area (Å²) in [5.74, 6) is 0.227. The van der Waals surface area contributed by atoms with Gasteiger partial charge >= 0.3 is 12.1 Å². The fraction of sp³-hybridized carbons (Fsp3) is 0.867. The van der Waals surface area contributed by atoms with E-state index in [0.29, 0.717) is 24.3 Å². The predicted octanol–water partition coefficient (Wildman–Crippen LogP) is 1.69. The Hall–Kier alpha value is -1.30. The summed E-state index contributed by atoms with van der Waals surface area (Å²) in [6, 6.07) is 0.624. The number of carbonyl (C=O) groups is 2. The van der Waals surface area contributed by atoms with Crippen LogP contribution in [0.25, 0.3) is 0 Å². The summed E-state index contributed by atoms with van der Waals surface area (Å²) in [4.78, 5) is 24.3. The fourth-order valence-electron chi connectivity index (χ4n) is 3.00. The molecule has 120 valence electrons. The molecule has 6 heteroatoms. The number of amides is 1. The molecule has 1 amide bonds. The highest BCUT2D eigenvalue weighted by molar-refractivity contribution is 5.69. The summed E-state index contributed by atoms with van der Waals surface area (Å²) in [7, 11) is 0. The number of nitrogens with one attached hydrogen (secondary N) is 1. The monoisotopic (exact) mass is 298 g/mol. The Kier molecular flexibility index (Phi) is 4.46. The average molecular weight is 298 g/mol. The van der Waals surface area contributed by atoms with E-state index < -0.39 is 11.6 Å². The summed E-state index contributed by atoms with van der Waals surface area (Å²) >= 11 is 0. The molecule has 2 aliphatic rings. The highest BCUT2D eigenvalue weighted by Crippen LogP contribution is 2.46. The van der Waals surface area contributed by atoms with E-state index in [-0.39, 0.29) is 18.6 Å². The Morgan fingerprint density at radius 1 is 1.33 bits per heavy atom. The van der Waals surface area contributed by atoms with Crippen molar-refractivity contribution in [1.29, 1.82) is 0 Å². The molecule has 3 atom stereocenters. The van der Waals surface area contributed by atoms with Crippen LogP contribution in [0.1, 0.15) is 40.5 Å². The van der Waals surface area contributed by atoms with E-state index in [9.17, 15) is 9.59 Å².